The Morgan fingerprint density at radius 2 is 1.70 bits per heavy atom. The third kappa shape index (κ3) is 3.19. The zero-order valence-electron chi connectivity index (χ0n) is 16.2. The van der Waals surface area contributed by atoms with Crippen molar-refractivity contribution in [2.24, 2.45) is 17.8 Å². The van der Waals surface area contributed by atoms with E-state index in [9.17, 15) is 4.79 Å². The number of anilines is 1. The van der Waals surface area contributed by atoms with E-state index in [1.54, 1.807) is 0 Å². The van der Waals surface area contributed by atoms with Gasteiger partial charge in [-0.15, -0.1) is 23.5 Å². The molecule has 5 heteroatoms. The maximum absolute atomic E-state index is 13.3. The van der Waals surface area contributed by atoms with Crippen molar-refractivity contribution in [1.82, 2.24) is 4.90 Å². The minimum atomic E-state index is 0.292. The highest BCUT2D eigenvalue weighted by atomic mass is 32.2. The average Bonchev–Trinajstić information content (AvgIpc) is 3.23. The summed E-state index contributed by atoms with van der Waals surface area (Å²) in [7, 11) is 0. The zero-order valence-corrected chi connectivity index (χ0v) is 17.9. The molecule has 1 spiro atoms. The lowest BCUT2D eigenvalue weighted by Gasteiger charge is -2.44. The Morgan fingerprint density at radius 1 is 1.04 bits per heavy atom. The van der Waals surface area contributed by atoms with Crippen molar-refractivity contribution in [2.75, 3.05) is 42.6 Å². The Kier molecular flexibility index (Phi) is 4.87. The number of hydrogen-bond acceptors (Lipinski definition) is 4. The number of nitrogens with zero attached hydrogens (tertiary/aromatic N) is 2. The summed E-state index contributed by atoms with van der Waals surface area (Å²) in [6.45, 7) is 5.84. The van der Waals surface area contributed by atoms with Crippen LogP contribution < -0.4 is 4.90 Å². The molecule has 0 radical (unpaired) electrons. The summed E-state index contributed by atoms with van der Waals surface area (Å²) in [6.07, 6.45) is 5.01. The van der Waals surface area contributed by atoms with Crippen LogP contribution in [0.2, 0.25) is 0 Å². The van der Waals surface area contributed by atoms with Crippen molar-refractivity contribution in [3.05, 3.63) is 29.8 Å². The van der Waals surface area contributed by atoms with Crippen LogP contribution in [0, 0.1) is 24.7 Å². The Hall–Kier alpha value is -0.810. The number of hydrogen-bond donors (Lipinski definition) is 0. The summed E-state index contributed by atoms with van der Waals surface area (Å²) in [4.78, 5) is 17.9. The van der Waals surface area contributed by atoms with E-state index < -0.39 is 0 Å². The smallest absolute Gasteiger partial charge is 0.225 e. The highest BCUT2D eigenvalue weighted by Crippen LogP contribution is 2.65. The van der Waals surface area contributed by atoms with Gasteiger partial charge in [-0.25, -0.2) is 0 Å². The van der Waals surface area contributed by atoms with Gasteiger partial charge in [-0.05, 0) is 62.1 Å². The Morgan fingerprint density at radius 3 is 2.33 bits per heavy atom. The topological polar surface area (TPSA) is 23.6 Å². The summed E-state index contributed by atoms with van der Waals surface area (Å²) < 4.78 is 0.487. The predicted molar refractivity (Wildman–Crippen MR) is 117 cm³/mol. The van der Waals surface area contributed by atoms with Crippen LogP contribution in [0.4, 0.5) is 5.69 Å². The van der Waals surface area contributed by atoms with Crippen molar-refractivity contribution >= 4 is 35.1 Å². The second kappa shape index (κ2) is 7.22. The number of thioether (sulfide) groups is 2. The largest absolute Gasteiger partial charge is 0.368 e. The molecule has 3 atom stereocenters. The lowest BCUT2D eigenvalue weighted by Crippen LogP contribution is -2.52. The fraction of sp³-hybridized carbons (Fsp3) is 0.682. The summed E-state index contributed by atoms with van der Waals surface area (Å²) in [6, 6.07) is 8.73. The Bertz CT molecular complexity index is 694. The highest BCUT2D eigenvalue weighted by Gasteiger charge is 2.57. The second-order valence-corrected chi connectivity index (χ2v) is 11.7. The molecular formula is C22H30N2OS2. The molecule has 146 valence electrons. The normalized spacial score (nSPS) is 32.3. The highest BCUT2D eigenvalue weighted by molar-refractivity contribution is 8.21. The molecule has 1 aromatic rings. The third-order valence-corrected chi connectivity index (χ3v) is 11.2. The van der Waals surface area contributed by atoms with Crippen molar-refractivity contribution in [2.45, 2.75) is 36.7 Å². The van der Waals surface area contributed by atoms with Gasteiger partial charge in [-0.2, -0.15) is 0 Å². The number of carbonyl (C=O) groups excluding carboxylic acids is 1. The number of aryl methyl sites for hydroxylation is 1. The molecule has 4 fully saturated rings. The summed E-state index contributed by atoms with van der Waals surface area (Å²) in [5.74, 6) is 4.93. The minimum absolute atomic E-state index is 0.292. The van der Waals surface area contributed by atoms with Crippen LogP contribution in [0.5, 0.6) is 0 Å². The van der Waals surface area contributed by atoms with Gasteiger partial charge in [0, 0.05) is 49.3 Å². The quantitative estimate of drug-likeness (QED) is 0.738. The first-order chi connectivity index (χ1) is 13.2. The third-order valence-electron chi connectivity index (χ3n) is 7.19. The standard InChI is InChI=1S/C22H30N2OS2/c1-16-3-2-4-20(13-16)23-7-9-24(10-8-23)21(25)17-14-18-5-6-19(15-17)22(18)26-11-12-27-22/h2-4,13,17-19H,5-12,14-15H2,1H3/t17?,18-,19+. The number of benzene rings is 1. The van der Waals surface area contributed by atoms with Gasteiger partial charge in [0.1, 0.15) is 0 Å². The SMILES string of the molecule is Cc1cccc(N2CCN(C(=O)C3C[C@H]4CC[C@@H](C3)C43SCCS3)CC2)c1. The first-order valence-corrected chi connectivity index (χ1v) is 12.5. The maximum atomic E-state index is 13.3. The fourth-order valence-corrected chi connectivity index (χ4v) is 9.81. The number of rotatable bonds is 2. The van der Waals surface area contributed by atoms with Gasteiger partial charge in [0.15, 0.2) is 0 Å². The first-order valence-electron chi connectivity index (χ1n) is 10.5. The number of piperazine rings is 1. The molecule has 2 saturated carbocycles. The van der Waals surface area contributed by atoms with E-state index in [1.807, 2.05) is 0 Å². The van der Waals surface area contributed by atoms with E-state index in [4.69, 9.17) is 0 Å². The summed E-state index contributed by atoms with van der Waals surface area (Å²) in [5.41, 5.74) is 2.61. The molecule has 5 rings (SSSR count). The molecule has 2 saturated heterocycles. The van der Waals surface area contributed by atoms with Crippen LogP contribution in [0.1, 0.15) is 31.2 Å². The van der Waals surface area contributed by atoms with Gasteiger partial charge in [0.05, 0.1) is 4.08 Å². The van der Waals surface area contributed by atoms with E-state index >= 15 is 0 Å². The summed E-state index contributed by atoms with van der Waals surface area (Å²) in [5, 5.41) is 0. The van der Waals surface area contributed by atoms with Crippen LogP contribution in [0.25, 0.3) is 0 Å². The molecule has 1 unspecified atom stereocenters. The second-order valence-electron chi connectivity index (χ2n) is 8.71. The molecule has 2 heterocycles. The van der Waals surface area contributed by atoms with Crippen molar-refractivity contribution in [3.63, 3.8) is 0 Å². The molecule has 0 aromatic heterocycles. The molecule has 2 aliphatic heterocycles. The van der Waals surface area contributed by atoms with Crippen LogP contribution >= 0.6 is 23.5 Å². The monoisotopic (exact) mass is 402 g/mol. The lowest BCUT2D eigenvalue weighted by molar-refractivity contribution is -0.137. The van der Waals surface area contributed by atoms with Crippen LogP contribution in [0.3, 0.4) is 0 Å². The van der Waals surface area contributed by atoms with E-state index in [1.165, 1.54) is 35.6 Å². The van der Waals surface area contributed by atoms with Gasteiger partial charge in [0.25, 0.3) is 0 Å². The molecule has 1 amide bonds. The minimum Gasteiger partial charge on any atom is -0.368 e. The Balaban J connectivity index is 1.21. The van der Waals surface area contributed by atoms with Crippen LogP contribution in [0.15, 0.2) is 24.3 Å². The summed E-state index contributed by atoms with van der Waals surface area (Å²) >= 11 is 4.45. The van der Waals surface area contributed by atoms with Gasteiger partial charge in [0.2, 0.25) is 5.91 Å². The Labute approximate surface area is 171 Å². The van der Waals surface area contributed by atoms with Crippen molar-refractivity contribution in [3.8, 4) is 0 Å². The molecule has 2 bridgehead atoms. The number of amides is 1. The van der Waals surface area contributed by atoms with Crippen LogP contribution in [-0.4, -0.2) is 52.6 Å². The van der Waals surface area contributed by atoms with Gasteiger partial charge in [-0.1, -0.05) is 12.1 Å². The van der Waals surface area contributed by atoms with Gasteiger partial charge in [-0.3, -0.25) is 4.79 Å². The first kappa shape index (κ1) is 18.2. The van der Waals surface area contributed by atoms with E-state index in [2.05, 4.69) is 64.5 Å². The van der Waals surface area contributed by atoms with E-state index in [0.717, 1.165) is 50.9 Å². The molecule has 27 heavy (non-hydrogen) atoms. The average molecular weight is 403 g/mol. The zero-order chi connectivity index (χ0) is 18.4. The molecule has 0 N–H and O–H groups in total. The maximum Gasteiger partial charge on any atom is 0.225 e. The fourth-order valence-electron chi connectivity index (χ4n) is 5.87. The molecule has 4 aliphatic rings. The van der Waals surface area contributed by atoms with Crippen molar-refractivity contribution < 1.29 is 4.79 Å². The molecule has 3 nitrogen and oxygen atoms in total. The number of carbonyl (C=O) groups is 1. The molecular weight excluding hydrogens is 372 g/mol. The van der Waals surface area contributed by atoms with Gasteiger partial charge >= 0.3 is 0 Å². The van der Waals surface area contributed by atoms with Gasteiger partial charge < -0.3 is 9.80 Å². The molecule has 2 aliphatic carbocycles. The predicted octanol–water partition coefficient (Wildman–Crippen LogP) is 4.26. The van der Waals surface area contributed by atoms with Crippen molar-refractivity contribution in [1.29, 1.82) is 0 Å². The van der Waals surface area contributed by atoms with E-state index in [-0.39, 0.29) is 0 Å². The lowest BCUT2D eigenvalue weighted by atomic mass is 9.79. The van der Waals surface area contributed by atoms with Crippen LogP contribution in [-0.2, 0) is 4.79 Å². The molecule has 1 aromatic carbocycles. The van der Waals surface area contributed by atoms with E-state index in [0.29, 0.717) is 15.9 Å².